The number of hydrogen-bond donors (Lipinski definition) is 2. The number of carbonyl (C=O) groups is 1. The molecule has 4 nitrogen and oxygen atoms in total. The monoisotopic (exact) mass is 346 g/mol. The minimum atomic E-state index is -0.291. The van der Waals surface area contributed by atoms with Crippen LogP contribution in [-0.2, 0) is 11.3 Å². The molecule has 1 heterocycles. The molecule has 0 spiro atoms. The van der Waals surface area contributed by atoms with Crippen molar-refractivity contribution < 1.29 is 14.3 Å². The SMILES string of the molecule is CC=C(C=CC(=O)NCc1ccc(N2CCC(O)CC2)c(F)c1)CC. The molecule has 1 saturated heterocycles. The number of carbonyl (C=O) groups excluding carboxylic acids is 1. The van der Waals surface area contributed by atoms with Crippen molar-refractivity contribution in [3.8, 4) is 0 Å². The Morgan fingerprint density at radius 2 is 2.08 bits per heavy atom. The van der Waals surface area contributed by atoms with E-state index in [2.05, 4.69) is 5.32 Å². The fourth-order valence-corrected chi connectivity index (χ4v) is 2.87. The van der Waals surface area contributed by atoms with E-state index in [0.29, 0.717) is 31.6 Å². The number of nitrogens with one attached hydrogen (secondary N) is 1. The van der Waals surface area contributed by atoms with Crippen LogP contribution >= 0.6 is 0 Å². The van der Waals surface area contributed by atoms with Gasteiger partial charge in [0, 0.05) is 25.7 Å². The number of rotatable bonds is 6. The van der Waals surface area contributed by atoms with E-state index in [1.165, 1.54) is 12.1 Å². The molecule has 0 bridgehead atoms. The maximum atomic E-state index is 14.4. The van der Waals surface area contributed by atoms with Crippen LogP contribution in [0.15, 0.2) is 42.0 Å². The molecule has 1 amide bonds. The maximum absolute atomic E-state index is 14.4. The molecule has 0 unspecified atom stereocenters. The topological polar surface area (TPSA) is 52.6 Å². The van der Waals surface area contributed by atoms with Crippen LogP contribution in [0.5, 0.6) is 0 Å². The highest BCUT2D eigenvalue weighted by Gasteiger charge is 2.19. The zero-order valence-electron chi connectivity index (χ0n) is 15.0. The van der Waals surface area contributed by atoms with E-state index in [1.807, 2.05) is 30.9 Å². The normalized spacial score (nSPS) is 16.5. The summed E-state index contributed by atoms with van der Waals surface area (Å²) < 4.78 is 14.4. The lowest BCUT2D eigenvalue weighted by atomic mass is 10.1. The van der Waals surface area contributed by atoms with E-state index >= 15 is 0 Å². The van der Waals surface area contributed by atoms with Gasteiger partial charge in [-0.2, -0.15) is 0 Å². The quantitative estimate of drug-likeness (QED) is 0.614. The van der Waals surface area contributed by atoms with Crippen LogP contribution < -0.4 is 10.2 Å². The van der Waals surface area contributed by atoms with Crippen molar-refractivity contribution in [3.63, 3.8) is 0 Å². The largest absolute Gasteiger partial charge is 0.393 e. The molecule has 1 aromatic rings. The molecule has 25 heavy (non-hydrogen) atoms. The van der Waals surface area contributed by atoms with Gasteiger partial charge in [-0.05, 0) is 43.9 Å². The number of anilines is 1. The first-order valence-electron chi connectivity index (χ1n) is 8.86. The van der Waals surface area contributed by atoms with E-state index in [9.17, 15) is 14.3 Å². The lowest BCUT2D eigenvalue weighted by Gasteiger charge is -2.31. The Bertz CT molecular complexity index is 647. The van der Waals surface area contributed by atoms with Gasteiger partial charge in [-0.1, -0.05) is 30.7 Å². The van der Waals surface area contributed by atoms with Gasteiger partial charge < -0.3 is 15.3 Å². The van der Waals surface area contributed by atoms with E-state index in [0.717, 1.165) is 17.6 Å². The second-order valence-electron chi connectivity index (χ2n) is 6.27. The van der Waals surface area contributed by atoms with Crippen molar-refractivity contribution >= 4 is 11.6 Å². The number of aliphatic hydroxyl groups is 1. The summed E-state index contributed by atoms with van der Waals surface area (Å²) in [7, 11) is 0. The van der Waals surface area contributed by atoms with Crippen molar-refractivity contribution in [2.45, 2.75) is 45.8 Å². The Kier molecular flexibility index (Phi) is 7.19. The Hall–Kier alpha value is -2.14. The van der Waals surface area contributed by atoms with Crippen molar-refractivity contribution in [1.82, 2.24) is 5.32 Å². The summed E-state index contributed by atoms with van der Waals surface area (Å²) in [6.45, 7) is 5.57. The van der Waals surface area contributed by atoms with Crippen LogP contribution in [-0.4, -0.2) is 30.2 Å². The van der Waals surface area contributed by atoms with Gasteiger partial charge in [0.2, 0.25) is 5.91 Å². The maximum Gasteiger partial charge on any atom is 0.244 e. The third kappa shape index (κ3) is 5.71. The Morgan fingerprint density at radius 3 is 2.68 bits per heavy atom. The number of allylic oxidation sites excluding steroid dienone is 3. The fourth-order valence-electron chi connectivity index (χ4n) is 2.87. The second-order valence-corrected chi connectivity index (χ2v) is 6.27. The van der Waals surface area contributed by atoms with Crippen molar-refractivity contribution in [2.75, 3.05) is 18.0 Å². The summed E-state index contributed by atoms with van der Waals surface area (Å²) in [6, 6.07) is 5.05. The first-order valence-corrected chi connectivity index (χ1v) is 8.86. The molecular weight excluding hydrogens is 319 g/mol. The Morgan fingerprint density at radius 1 is 1.36 bits per heavy atom. The first kappa shape index (κ1) is 19.2. The molecule has 1 aromatic carbocycles. The standard InChI is InChI=1S/C20H27FN2O2/c1-3-15(4-2)6-8-20(25)22-14-16-5-7-19(18(21)13-16)23-11-9-17(24)10-12-23/h3,5-8,13,17,24H,4,9-12,14H2,1-2H3,(H,22,25). The van der Waals surface area contributed by atoms with Gasteiger partial charge in [-0.25, -0.2) is 4.39 Å². The number of nitrogens with zero attached hydrogens (tertiary/aromatic N) is 1. The first-order chi connectivity index (χ1) is 12.0. The summed E-state index contributed by atoms with van der Waals surface area (Å²) in [6.07, 6.45) is 7.19. The molecule has 0 aromatic heterocycles. The van der Waals surface area contributed by atoms with Crippen LogP contribution in [0.3, 0.4) is 0 Å². The minimum absolute atomic E-state index is 0.192. The number of amides is 1. The van der Waals surface area contributed by atoms with Gasteiger partial charge in [0.15, 0.2) is 0 Å². The predicted molar refractivity (Wildman–Crippen MR) is 98.9 cm³/mol. The van der Waals surface area contributed by atoms with E-state index < -0.39 is 0 Å². The van der Waals surface area contributed by atoms with Gasteiger partial charge in [0.05, 0.1) is 11.8 Å². The van der Waals surface area contributed by atoms with Crippen LogP contribution in [0.4, 0.5) is 10.1 Å². The predicted octanol–water partition coefficient (Wildman–Crippen LogP) is 3.32. The number of hydrogen-bond acceptors (Lipinski definition) is 3. The number of piperidine rings is 1. The summed E-state index contributed by atoms with van der Waals surface area (Å²) in [5.74, 6) is -0.483. The summed E-state index contributed by atoms with van der Waals surface area (Å²) >= 11 is 0. The summed E-state index contributed by atoms with van der Waals surface area (Å²) in [5, 5.41) is 12.3. The minimum Gasteiger partial charge on any atom is -0.393 e. The highest BCUT2D eigenvalue weighted by molar-refractivity contribution is 5.87. The Balaban J connectivity index is 1.91. The van der Waals surface area contributed by atoms with Crippen LogP contribution in [0.1, 0.15) is 38.7 Å². The van der Waals surface area contributed by atoms with Gasteiger partial charge >= 0.3 is 0 Å². The Labute approximate surface area is 149 Å². The lowest BCUT2D eigenvalue weighted by molar-refractivity contribution is -0.116. The van der Waals surface area contributed by atoms with Gasteiger partial charge in [0.1, 0.15) is 5.82 Å². The summed E-state index contributed by atoms with van der Waals surface area (Å²) in [4.78, 5) is 13.8. The van der Waals surface area contributed by atoms with Crippen LogP contribution in [0, 0.1) is 5.82 Å². The van der Waals surface area contributed by atoms with Gasteiger partial charge in [0.25, 0.3) is 0 Å². The number of benzene rings is 1. The molecule has 1 fully saturated rings. The smallest absolute Gasteiger partial charge is 0.244 e. The zero-order valence-corrected chi connectivity index (χ0v) is 15.0. The van der Waals surface area contributed by atoms with Gasteiger partial charge in [-0.3, -0.25) is 4.79 Å². The second kappa shape index (κ2) is 9.37. The third-order valence-corrected chi connectivity index (χ3v) is 4.51. The zero-order chi connectivity index (χ0) is 18.2. The average Bonchev–Trinajstić information content (AvgIpc) is 2.62. The molecule has 1 aliphatic heterocycles. The van der Waals surface area contributed by atoms with Crippen molar-refractivity contribution in [1.29, 1.82) is 0 Å². The molecule has 1 aliphatic rings. The highest BCUT2D eigenvalue weighted by Crippen LogP contribution is 2.24. The molecule has 5 heteroatoms. The molecule has 0 aliphatic carbocycles. The molecule has 2 N–H and O–H groups in total. The van der Waals surface area contributed by atoms with E-state index in [-0.39, 0.29) is 24.4 Å². The van der Waals surface area contributed by atoms with Crippen LogP contribution in [0.25, 0.3) is 0 Å². The molecular formula is C20H27FN2O2. The molecule has 0 radical (unpaired) electrons. The molecule has 0 atom stereocenters. The number of aliphatic hydroxyl groups excluding tert-OH is 1. The van der Waals surface area contributed by atoms with Crippen molar-refractivity contribution in [3.05, 3.63) is 53.4 Å². The van der Waals surface area contributed by atoms with E-state index in [1.54, 1.807) is 12.1 Å². The van der Waals surface area contributed by atoms with Crippen LogP contribution in [0.2, 0.25) is 0 Å². The third-order valence-electron chi connectivity index (χ3n) is 4.51. The fraction of sp³-hybridized carbons (Fsp3) is 0.450. The van der Waals surface area contributed by atoms with Crippen molar-refractivity contribution in [2.24, 2.45) is 0 Å². The van der Waals surface area contributed by atoms with Gasteiger partial charge in [-0.15, -0.1) is 0 Å². The van der Waals surface area contributed by atoms with E-state index in [4.69, 9.17) is 0 Å². The molecule has 0 saturated carbocycles. The molecule has 136 valence electrons. The average molecular weight is 346 g/mol. The number of halogens is 1. The lowest BCUT2D eigenvalue weighted by Crippen LogP contribution is -2.36. The highest BCUT2D eigenvalue weighted by atomic mass is 19.1. The molecule has 2 rings (SSSR count). The summed E-state index contributed by atoms with van der Waals surface area (Å²) in [5.41, 5.74) is 2.38.